The lowest BCUT2D eigenvalue weighted by Gasteiger charge is -2.41. The number of carbonyl (C=O) groups excluding carboxylic acids is 1. The molecule has 1 aliphatic rings. The predicted molar refractivity (Wildman–Crippen MR) is 114 cm³/mol. The van der Waals surface area contributed by atoms with Crippen LogP contribution in [-0.2, 0) is 23.6 Å². The minimum atomic E-state index is -4.98. The minimum absolute atomic E-state index is 0.0498. The maximum atomic E-state index is 13.6. The van der Waals surface area contributed by atoms with Gasteiger partial charge in [0.1, 0.15) is 5.82 Å². The quantitative estimate of drug-likeness (QED) is 0.439. The number of benzene rings is 2. The van der Waals surface area contributed by atoms with Gasteiger partial charge in [-0.15, -0.1) is 0 Å². The molecule has 2 aromatic carbocycles. The van der Waals surface area contributed by atoms with Gasteiger partial charge in [-0.3, -0.25) is 0 Å². The van der Waals surface area contributed by atoms with Crippen molar-refractivity contribution in [3.8, 4) is 0 Å². The van der Waals surface area contributed by atoms with E-state index in [4.69, 9.17) is 4.74 Å². The van der Waals surface area contributed by atoms with E-state index in [9.17, 15) is 35.5 Å². The summed E-state index contributed by atoms with van der Waals surface area (Å²) < 4.78 is 98.3. The van der Waals surface area contributed by atoms with Crippen LogP contribution in [0.5, 0.6) is 0 Å². The summed E-state index contributed by atoms with van der Waals surface area (Å²) in [4.78, 5) is 15.9. The van der Waals surface area contributed by atoms with Gasteiger partial charge in [-0.05, 0) is 66.8 Å². The molecule has 1 aliphatic heterocycles. The van der Waals surface area contributed by atoms with Crippen LogP contribution in [0.2, 0.25) is 0 Å². The Labute approximate surface area is 198 Å². The molecule has 35 heavy (non-hydrogen) atoms. The number of methoxy groups -OCH3 is 1. The van der Waals surface area contributed by atoms with Crippen molar-refractivity contribution in [1.82, 2.24) is 9.80 Å². The Morgan fingerprint density at radius 2 is 1.66 bits per heavy atom. The number of hydrogen-bond donors (Lipinski definition) is 0. The number of amides is 2. The van der Waals surface area contributed by atoms with E-state index in [1.54, 1.807) is 13.0 Å². The van der Waals surface area contributed by atoms with Crippen LogP contribution in [0.15, 0.2) is 36.4 Å². The molecule has 1 heterocycles. The second-order valence-electron chi connectivity index (χ2n) is 8.64. The second kappa shape index (κ2) is 10.0. The van der Waals surface area contributed by atoms with Crippen molar-refractivity contribution in [2.75, 3.05) is 20.7 Å². The molecule has 3 rings (SSSR count). The SMILES string of the molecule is CO[C@H]1CCN(C(=O)N(C)Cc2cc(C(F)(F)F)cc(C(F)(F)F)c2)[C@H](c2ccc(F)cc2C)C1. The van der Waals surface area contributed by atoms with Gasteiger partial charge >= 0.3 is 18.4 Å². The molecule has 11 heteroatoms. The first-order valence-corrected chi connectivity index (χ1v) is 10.8. The average Bonchev–Trinajstić information content (AvgIpc) is 2.77. The Morgan fingerprint density at radius 1 is 1.06 bits per heavy atom. The number of alkyl halides is 6. The van der Waals surface area contributed by atoms with Crippen molar-refractivity contribution in [3.63, 3.8) is 0 Å². The average molecular weight is 506 g/mol. The molecule has 0 N–H and O–H groups in total. The molecule has 2 aromatic rings. The van der Waals surface area contributed by atoms with Gasteiger partial charge in [0.05, 0.1) is 23.3 Å². The summed E-state index contributed by atoms with van der Waals surface area (Å²) in [6, 6.07) is 4.36. The standard InChI is InChI=1S/C24H25F7N2O2/c1-14-8-18(25)4-5-20(14)21-12-19(35-3)6-7-33(21)22(34)32(2)13-15-9-16(23(26,27)28)11-17(10-15)24(29,30)31/h4-5,8-11,19,21H,6-7,12-13H2,1-3H3/t19-,21-/m0/s1. The van der Waals surface area contributed by atoms with Gasteiger partial charge in [0, 0.05) is 27.2 Å². The molecular formula is C24H25F7N2O2. The highest BCUT2D eigenvalue weighted by Crippen LogP contribution is 2.38. The molecule has 2 atom stereocenters. The Morgan fingerprint density at radius 3 is 2.17 bits per heavy atom. The van der Waals surface area contributed by atoms with Crippen LogP contribution in [0.25, 0.3) is 0 Å². The largest absolute Gasteiger partial charge is 0.416 e. The number of urea groups is 1. The van der Waals surface area contributed by atoms with Crippen molar-refractivity contribution in [1.29, 1.82) is 0 Å². The van der Waals surface area contributed by atoms with Gasteiger partial charge in [0.25, 0.3) is 0 Å². The minimum Gasteiger partial charge on any atom is -0.381 e. The van der Waals surface area contributed by atoms with Crippen molar-refractivity contribution in [2.24, 2.45) is 0 Å². The summed E-state index contributed by atoms with van der Waals surface area (Å²) >= 11 is 0. The molecule has 0 bridgehead atoms. The third kappa shape index (κ3) is 6.25. The Kier molecular flexibility index (Phi) is 7.68. The smallest absolute Gasteiger partial charge is 0.381 e. The van der Waals surface area contributed by atoms with Gasteiger partial charge in [0.15, 0.2) is 0 Å². The van der Waals surface area contributed by atoms with E-state index < -0.39 is 47.9 Å². The lowest BCUT2D eigenvalue weighted by molar-refractivity contribution is -0.143. The Hall–Kier alpha value is -2.82. The zero-order chi connectivity index (χ0) is 26.1. The van der Waals surface area contributed by atoms with Crippen LogP contribution in [0.4, 0.5) is 35.5 Å². The van der Waals surface area contributed by atoms with Gasteiger partial charge in [-0.1, -0.05) is 6.07 Å². The maximum Gasteiger partial charge on any atom is 0.416 e. The molecule has 2 amide bonds. The van der Waals surface area contributed by atoms with Crippen molar-refractivity contribution in [2.45, 2.75) is 50.8 Å². The summed E-state index contributed by atoms with van der Waals surface area (Å²) in [7, 11) is 2.85. The van der Waals surface area contributed by atoms with Crippen molar-refractivity contribution < 1.29 is 40.3 Å². The first kappa shape index (κ1) is 26.8. The first-order chi connectivity index (χ1) is 16.2. The van der Waals surface area contributed by atoms with Gasteiger partial charge in [-0.2, -0.15) is 26.3 Å². The highest BCUT2D eigenvalue weighted by Gasteiger charge is 2.38. The van der Waals surface area contributed by atoms with Crippen LogP contribution in [0.1, 0.15) is 46.7 Å². The molecular weight excluding hydrogens is 481 g/mol. The van der Waals surface area contributed by atoms with E-state index in [1.165, 1.54) is 31.2 Å². The number of hydrogen-bond acceptors (Lipinski definition) is 2. The lowest BCUT2D eigenvalue weighted by atomic mass is 9.90. The molecule has 0 aromatic heterocycles. The van der Waals surface area contributed by atoms with E-state index in [2.05, 4.69) is 0 Å². The van der Waals surface area contributed by atoms with Crippen molar-refractivity contribution >= 4 is 6.03 Å². The summed E-state index contributed by atoms with van der Waals surface area (Å²) in [6.07, 6.45) is -9.23. The van der Waals surface area contributed by atoms with E-state index >= 15 is 0 Å². The molecule has 1 saturated heterocycles. The highest BCUT2D eigenvalue weighted by atomic mass is 19.4. The van der Waals surface area contributed by atoms with E-state index in [0.717, 1.165) is 4.90 Å². The molecule has 0 saturated carbocycles. The third-order valence-corrected chi connectivity index (χ3v) is 6.12. The zero-order valence-electron chi connectivity index (χ0n) is 19.3. The number of rotatable bonds is 4. The fourth-order valence-electron chi connectivity index (χ4n) is 4.36. The second-order valence-corrected chi connectivity index (χ2v) is 8.64. The van der Waals surface area contributed by atoms with Crippen LogP contribution in [0, 0.1) is 12.7 Å². The topological polar surface area (TPSA) is 32.8 Å². The number of likely N-dealkylation sites (tertiary alicyclic amines) is 1. The number of ether oxygens (including phenoxy) is 1. The number of halogens is 7. The number of carbonyl (C=O) groups is 1. The molecule has 0 unspecified atom stereocenters. The van der Waals surface area contributed by atoms with E-state index in [1.807, 2.05) is 0 Å². The summed E-state index contributed by atoms with van der Waals surface area (Å²) in [5.74, 6) is -0.439. The van der Waals surface area contributed by atoms with Crippen LogP contribution >= 0.6 is 0 Å². The van der Waals surface area contributed by atoms with Gasteiger partial charge in [0.2, 0.25) is 0 Å². The number of piperidine rings is 1. The summed E-state index contributed by atoms with van der Waals surface area (Å²) in [5, 5.41) is 0. The van der Waals surface area contributed by atoms with Crippen LogP contribution in [0.3, 0.4) is 0 Å². The molecule has 1 fully saturated rings. The fourth-order valence-corrected chi connectivity index (χ4v) is 4.36. The molecule has 192 valence electrons. The lowest BCUT2D eigenvalue weighted by Crippen LogP contribution is -2.48. The Balaban J connectivity index is 1.90. The van der Waals surface area contributed by atoms with Crippen LogP contribution < -0.4 is 0 Å². The predicted octanol–water partition coefficient (Wildman–Crippen LogP) is 6.58. The number of nitrogens with zero attached hydrogens (tertiary/aromatic N) is 2. The summed E-state index contributed by atoms with van der Waals surface area (Å²) in [6.45, 7) is 1.48. The van der Waals surface area contributed by atoms with Gasteiger partial charge in [-0.25, -0.2) is 9.18 Å². The molecule has 0 aliphatic carbocycles. The van der Waals surface area contributed by atoms with Crippen LogP contribution in [-0.4, -0.2) is 42.6 Å². The third-order valence-electron chi connectivity index (χ3n) is 6.12. The summed E-state index contributed by atoms with van der Waals surface area (Å²) in [5.41, 5.74) is -1.88. The molecule has 0 radical (unpaired) electrons. The first-order valence-electron chi connectivity index (χ1n) is 10.8. The zero-order valence-corrected chi connectivity index (χ0v) is 19.3. The van der Waals surface area contributed by atoms with Gasteiger partial charge < -0.3 is 14.5 Å². The van der Waals surface area contributed by atoms with Crippen molar-refractivity contribution in [3.05, 3.63) is 70.0 Å². The highest BCUT2D eigenvalue weighted by molar-refractivity contribution is 5.75. The van der Waals surface area contributed by atoms with E-state index in [0.29, 0.717) is 36.1 Å². The molecule has 0 spiro atoms. The molecule has 4 nitrogen and oxygen atoms in total. The maximum absolute atomic E-state index is 13.6. The Bertz CT molecular complexity index is 1040. The number of aryl methyl sites for hydroxylation is 1. The van der Waals surface area contributed by atoms with E-state index in [-0.39, 0.29) is 24.3 Å². The monoisotopic (exact) mass is 506 g/mol. The normalized spacial score (nSPS) is 19.1. The fraction of sp³-hybridized carbons (Fsp3) is 0.458.